The van der Waals surface area contributed by atoms with Crippen LogP contribution in [0.25, 0.3) is 0 Å². The van der Waals surface area contributed by atoms with Gasteiger partial charge in [0, 0.05) is 17.3 Å². The molecule has 1 N–H and O–H groups in total. The highest BCUT2D eigenvalue weighted by Crippen LogP contribution is 2.14. The first-order chi connectivity index (χ1) is 10.2. The zero-order valence-corrected chi connectivity index (χ0v) is 12.3. The number of carbonyl (C=O) groups excluding carboxylic acids is 1. The Balaban J connectivity index is 1.84. The average Bonchev–Trinajstić information content (AvgIpc) is 2.48. The fourth-order valence-corrected chi connectivity index (χ4v) is 1.95. The number of nitrogens with zero attached hydrogens (tertiary/aromatic N) is 2. The Kier molecular flexibility index (Phi) is 5.59. The second-order valence-corrected chi connectivity index (χ2v) is 4.80. The minimum atomic E-state index is -0.540. The molecule has 7 heteroatoms. The van der Waals surface area contributed by atoms with Gasteiger partial charge in [-0.15, -0.1) is 5.06 Å². The van der Waals surface area contributed by atoms with E-state index in [1.54, 1.807) is 35.5 Å². The van der Waals surface area contributed by atoms with E-state index in [1.165, 1.54) is 7.11 Å². The van der Waals surface area contributed by atoms with Gasteiger partial charge in [-0.2, -0.15) is 0 Å². The summed E-state index contributed by atoms with van der Waals surface area (Å²) in [5.41, 5.74) is 1.56. The smallest absolute Gasteiger partial charge is 0.399 e. The van der Waals surface area contributed by atoms with Crippen LogP contribution in [0, 0.1) is 0 Å². The summed E-state index contributed by atoms with van der Waals surface area (Å²) in [6.07, 6.45) is 3.87. The number of amides is 1. The van der Waals surface area contributed by atoms with Crippen molar-refractivity contribution in [2.24, 2.45) is 5.16 Å². The highest BCUT2D eigenvalue weighted by molar-refractivity contribution is 6.30. The van der Waals surface area contributed by atoms with E-state index in [-0.39, 0.29) is 0 Å². The van der Waals surface area contributed by atoms with Crippen molar-refractivity contribution < 1.29 is 14.5 Å². The number of rotatable bonds is 4. The molecule has 0 radical (unpaired) electrons. The second kappa shape index (κ2) is 7.66. The third-order valence-electron chi connectivity index (χ3n) is 2.77. The molecule has 0 aromatic heterocycles. The Morgan fingerprint density at radius 3 is 2.90 bits per heavy atom. The number of halogens is 1. The number of hydrogen-bond acceptors (Lipinski definition) is 5. The monoisotopic (exact) mass is 309 g/mol. The molecule has 0 bridgehead atoms. The third kappa shape index (κ3) is 5.09. The third-order valence-corrected chi connectivity index (χ3v) is 3.02. The summed E-state index contributed by atoms with van der Waals surface area (Å²) >= 11 is 5.78. The molecule has 2 rings (SSSR count). The van der Waals surface area contributed by atoms with Crippen LogP contribution in [0.2, 0.25) is 5.02 Å². The molecule has 0 saturated carbocycles. The van der Waals surface area contributed by atoms with Crippen LogP contribution in [0.5, 0.6) is 0 Å². The number of anilines is 1. The summed E-state index contributed by atoms with van der Waals surface area (Å²) in [5, 5.41) is 8.51. The molecular weight excluding hydrogens is 294 g/mol. The molecule has 0 fully saturated rings. The molecule has 1 heterocycles. The summed E-state index contributed by atoms with van der Waals surface area (Å²) in [5.74, 6) is 0. The highest BCUT2D eigenvalue weighted by Gasteiger charge is 2.16. The first kappa shape index (κ1) is 15.3. The van der Waals surface area contributed by atoms with E-state index >= 15 is 0 Å². The molecule has 1 aliphatic rings. The quantitative estimate of drug-likeness (QED) is 0.686. The molecule has 0 spiro atoms. The molecule has 0 atom stereocenters. The maximum Gasteiger partial charge on any atom is 0.430 e. The van der Waals surface area contributed by atoms with Crippen LogP contribution in [-0.2, 0) is 9.68 Å². The lowest BCUT2D eigenvalue weighted by Gasteiger charge is -2.24. The fourth-order valence-electron chi connectivity index (χ4n) is 1.82. The lowest BCUT2D eigenvalue weighted by atomic mass is 10.2. The Morgan fingerprint density at radius 1 is 1.43 bits per heavy atom. The van der Waals surface area contributed by atoms with Crippen molar-refractivity contribution in [1.82, 2.24) is 5.06 Å². The Hall–Kier alpha value is -2.05. The number of carbonyl (C=O) groups is 1. The van der Waals surface area contributed by atoms with Gasteiger partial charge in [0.15, 0.2) is 0 Å². The Morgan fingerprint density at radius 2 is 2.19 bits per heavy atom. The standard InChI is InChI=1S/C14H16ClN3O3/c1-20-16-9-11-3-2-8-18(10-11)21-14(19)17-13-6-4-12(15)5-7-13/h3-7,9H,2,8,10H2,1H3,(H,17,19)/b16-9+. The molecule has 6 nitrogen and oxygen atoms in total. The fraction of sp³-hybridized carbons (Fsp3) is 0.286. The predicted octanol–water partition coefficient (Wildman–Crippen LogP) is 3.07. The van der Waals surface area contributed by atoms with Crippen LogP contribution in [-0.4, -0.2) is 37.6 Å². The SMILES string of the molecule is CO/N=C/C1=CCCN(OC(=O)Nc2ccc(Cl)cc2)C1. The average molecular weight is 310 g/mol. The maximum atomic E-state index is 11.8. The van der Waals surface area contributed by atoms with Gasteiger partial charge in [-0.1, -0.05) is 22.8 Å². The molecular formula is C14H16ClN3O3. The first-order valence-electron chi connectivity index (χ1n) is 6.42. The highest BCUT2D eigenvalue weighted by atomic mass is 35.5. The van der Waals surface area contributed by atoms with Crippen LogP contribution in [0.3, 0.4) is 0 Å². The number of oxime groups is 1. The normalized spacial score (nSPS) is 15.6. The predicted molar refractivity (Wildman–Crippen MR) is 81.3 cm³/mol. The van der Waals surface area contributed by atoms with Crippen molar-refractivity contribution in [3.63, 3.8) is 0 Å². The van der Waals surface area contributed by atoms with Crippen molar-refractivity contribution >= 4 is 29.6 Å². The molecule has 0 unspecified atom stereocenters. The van der Waals surface area contributed by atoms with E-state index in [1.807, 2.05) is 6.08 Å². The lowest BCUT2D eigenvalue weighted by molar-refractivity contribution is -0.0872. The van der Waals surface area contributed by atoms with Gasteiger partial charge in [-0.3, -0.25) is 5.32 Å². The van der Waals surface area contributed by atoms with Gasteiger partial charge in [0.05, 0.1) is 12.8 Å². The number of hydroxylamine groups is 2. The summed E-state index contributed by atoms with van der Waals surface area (Å²) in [4.78, 5) is 21.7. The van der Waals surface area contributed by atoms with Gasteiger partial charge < -0.3 is 9.68 Å². The zero-order valence-electron chi connectivity index (χ0n) is 11.6. The zero-order chi connectivity index (χ0) is 15.1. The molecule has 1 aromatic rings. The van der Waals surface area contributed by atoms with Crippen molar-refractivity contribution in [2.45, 2.75) is 6.42 Å². The first-order valence-corrected chi connectivity index (χ1v) is 6.80. The van der Waals surface area contributed by atoms with E-state index in [2.05, 4.69) is 15.3 Å². The van der Waals surface area contributed by atoms with Crippen molar-refractivity contribution in [2.75, 3.05) is 25.5 Å². The van der Waals surface area contributed by atoms with Crippen molar-refractivity contribution in [3.05, 3.63) is 40.9 Å². The number of benzene rings is 1. The molecule has 112 valence electrons. The summed E-state index contributed by atoms with van der Waals surface area (Å²) in [6, 6.07) is 6.80. The van der Waals surface area contributed by atoms with E-state index in [9.17, 15) is 4.79 Å². The van der Waals surface area contributed by atoms with Gasteiger partial charge in [-0.25, -0.2) is 4.79 Å². The summed E-state index contributed by atoms with van der Waals surface area (Å²) in [7, 11) is 1.48. The maximum absolute atomic E-state index is 11.8. The van der Waals surface area contributed by atoms with Crippen LogP contribution < -0.4 is 5.32 Å². The summed E-state index contributed by atoms with van der Waals surface area (Å²) in [6.45, 7) is 1.11. The molecule has 1 aromatic carbocycles. The molecule has 1 amide bonds. The Bertz CT molecular complexity index is 543. The van der Waals surface area contributed by atoms with Crippen LogP contribution in [0.4, 0.5) is 10.5 Å². The molecule has 1 aliphatic heterocycles. The topological polar surface area (TPSA) is 63.2 Å². The Labute approximate surface area is 127 Å². The minimum absolute atomic E-state index is 0.473. The van der Waals surface area contributed by atoms with Crippen LogP contribution in [0.1, 0.15) is 6.42 Å². The van der Waals surface area contributed by atoms with Crippen LogP contribution in [0.15, 0.2) is 41.1 Å². The second-order valence-electron chi connectivity index (χ2n) is 4.36. The molecule has 21 heavy (non-hydrogen) atoms. The van der Waals surface area contributed by atoms with Gasteiger partial charge >= 0.3 is 6.09 Å². The minimum Gasteiger partial charge on any atom is -0.399 e. The van der Waals surface area contributed by atoms with Gasteiger partial charge in [0.25, 0.3) is 0 Å². The molecule has 0 aliphatic carbocycles. The molecule has 0 saturated heterocycles. The van der Waals surface area contributed by atoms with Crippen LogP contribution >= 0.6 is 11.6 Å². The van der Waals surface area contributed by atoms with Gasteiger partial charge in [0.1, 0.15) is 7.11 Å². The number of hydrogen-bond donors (Lipinski definition) is 1. The van der Waals surface area contributed by atoms with Crippen molar-refractivity contribution in [1.29, 1.82) is 0 Å². The van der Waals surface area contributed by atoms with E-state index in [0.717, 1.165) is 12.0 Å². The van der Waals surface area contributed by atoms with E-state index in [0.29, 0.717) is 23.8 Å². The van der Waals surface area contributed by atoms with E-state index < -0.39 is 6.09 Å². The van der Waals surface area contributed by atoms with Crippen molar-refractivity contribution in [3.8, 4) is 0 Å². The van der Waals surface area contributed by atoms with Gasteiger partial charge in [0.2, 0.25) is 0 Å². The van der Waals surface area contributed by atoms with Gasteiger partial charge in [-0.05, 0) is 36.3 Å². The largest absolute Gasteiger partial charge is 0.430 e. The van der Waals surface area contributed by atoms with E-state index in [4.69, 9.17) is 16.4 Å². The number of nitrogens with one attached hydrogen (secondary N) is 1. The lowest BCUT2D eigenvalue weighted by Crippen LogP contribution is -2.34. The summed E-state index contributed by atoms with van der Waals surface area (Å²) < 4.78 is 0.